The zero-order chi connectivity index (χ0) is 13.2. The fourth-order valence-electron chi connectivity index (χ4n) is 2.11. The highest BCUT2D eigenvalue weighted by Gasteiger charge is 2.45. The fourth-order valence-corrected chi connectivity index (χ4v) is 2.11. The molecule has 0 radical (unpaired) electrons. The Morgan fingerprint density at radius 1 is 1.61 bits per heavy atom. The number of hydrogen-bond acceptors (Lipinski definition) is 4. The minimum Gasteiger partial charge on any atom is -0.354 e. The lowest BCUT2D eigenvalue weighted by atomic mass is 9.92. The van der Waals surface area contributed by atoms with Crippen molar-refractivity contribution in [2.45, 2.75) is 39.8 Å². The lowest BCUT2D eigenvalue weighted by molar-refractivity contribution is -0.122. The standard InChI is InChI=1S/C12H21N5O/c1-9(2)12(3-4-12)8-14-11(18)7-17-6-10(5-13)15-16-17/h6,9H,3-5,7-8,13H2,1-2H3,(H,14,18). The lowest BCUT2D eigenvalue weighted by Gasteiger charge is -2.19. The van der Waals surface area contributed by atoms with Gasteiger partial charge >= 0.3 is 0 Å². The predicted molar refractivity (Wildman–Crippen MR) is 67.4 cm³/mol. The third-order valence-corrected chi connectivity index (χ3v) is 3.86. The number of amides is 1. The van der Waals surface area contributed by atoms with Crippen LogP contribution >= 0.6 is 0 Å². The summed E-state index contributed by atoms with van der Waals surface area (Å²) in [5, 5.41) is 10.7. The van der Waals surface area contributed by atoms with Gasteiger partial charge in [0.1, 0.15) is 6.54 Å². The molecular formula is C12H21N5O. The SMILES string of the molecule is CC(C)C1(CNC(=O)Cn2cc(CN)nn2)CC1. The van der Waals surface area contributed by atoms with E-state index in [1.54, 1.807) is 6.20 Å². The second-order valence-electron chi connectivity index (χ2n) is 5.41. The lowest BCUT2D eigenvalue weighted by Crippen LogP contribution is -2.34. The molecule has 1 aliphatic rings. The highest BCUT2D eigenvalue weighted by molar-refractivity contribution is 5.75. The Bertz CT molecular complexity index is 422. The Morgan fingerprint density at radius 2 is 2.33 bits per heavy atom. The van der Waals surface area contributed by atoms with E-state index < -0.39 is 0 Å². The minimum absolute atomic E-state index is 0.0182. The molecule has 1 heterocycles. The van der Waals surface area contributed by atoms with Crippen LogP contribution in [-0.4, -0.2) is 27.4 Å². The molecule has 2 rings (SSSR count). The van der Waals surface area contributed by atoms with Crippen LogP contribution in [-0.2, 0) is 17.9 Å². The molecule has 100 valence electrons. The van der Waals surface area contributed by atoms with Crippen molar-refractivity contribution >= 4 is 5.91 Å². The maximum atomic E-state index is 11.8. The summed E-state index contributed by atoms with van der Waals surface area (Å²) in [6, 6.07) is 0. The molecule has 0 saturated heterocycles. The zero-order valence-corrected chi connectivity index (χ0v) is 11.0. The fraction of sp³-hybridized carbons (Fsp3) is 0.750. The maximum absolute atomic E-state index is 11.8. The van der Waals surface area contributed by atoms with E-state index in [0.29, 0.717) is 23.6 Å². The van der Waals surface area contributed by atoms with Crippen LogP contribution in [0.1, 0.15) is 32.4 Å². The van der Waals surface area contributed by atoms with Crippen molar-refractivity contribution in [2.75, 3.05) is 6.54 Å². The van der Waals surface area contributed by atoms with Crippen LogP contribution in [0.2, 0.25) is 0 Å². The normalized spacial score (nSPS) is 16.9. The molecule has 1 amide bonds. The van der Waals surface area contributed by atoms with Gasteiger partial charge < -0.3 is 11.1 Å². The Morgan fingerprint density at radius 3 is 2.83 bits per heavy atom. The number of rotatable bonds is 6. The Hall–Kier alpha value is -1.43. The first-order valence-electron chi connectivity index (χ1n) is 6.41. The number of nitrogens with two attached hydrogens (primary N) is 1. The van der Waals surface area contributed by atoms with Gasteiger partial charge in [-0.3, -0.25) is 4.79 Å². The van der Waals surface area contributed by atoms with Crippen molar-refractivity contribution in [3.05, 3.63) is 11.9 Å². The summed E-state index contributed by atoms with van der Waals surface area (Å²) < 4.78 is 1.52. The average molecular weight is 251 g/mol. The number of carbonyl (C=O) groups excluding carboxylic acids is 1. The maximum Gasteiger partial charge on any atom is 0.241 e. The van der Waals surface area contributed by atoms with Gasteiger partial charge in [-0.05, 0) is 24.2 Å². The predicted octanol–water partition coefficient (Wildman–Crippen LogP) is 0.289. The number of aromatic nitrogens is 3. The summed E-state index contributed by atoms with van der Waals surface area (Å²) in [5.41, 5.74) is 6.47. The summed E-state index contributed by atoms with van der Waals surface area (Å²) in [4.78, 5) is 11.8. The van der Waals surface area contributed by atoms with Gasteiger partial charge in [-0.25, -0.2) is 4.68 Å². The highest BCUT2D eigenvalue weighted by Crippen LogP contribution is 2.51. The molecule has 0 unspecified atom stereocenters. The van der Waals surface area contributed by atoms with E-state index in [-0.39, 0.29) is 12.5 Å². The molecule has 18 heavy (non-hydrogen) atoms. The summed E-state index contributed by atoms with van der Waals surface area (Å²) in [6.07, 6.45) is 4.13. The molecule has 1 aromatic heterocycles. The second-order valence-corrected chi connectivity index (χ2v) is 5.41. The average Bonchev–Trinajstić information content (AvgIpc) is 3.01. The van der Waals surface area contributed by atoms with Crippen molar-refractivity contribution in [1.29, 1.82) is 0 Å². The number of nitrogens with one attached hydrogen (secondary N) is 1. The van der Waals surface area contributed by atoms with Crippen LogP contribution in [0.15, 0.2) is 6.20 Å². The summed E-state index contributed by atoms with van der Waals surface area (Å²) in [6.45, 7) is 5.75. The molecule has 6 nitrogen and oxygen atoms in total. The van der Waals surface area contributed by atoms with Gasteiger partial charge in [0.15, 0.2) is 0 Å². The number of hydrogen-bond donors (Lipinski definition) is 2. The zero-order valence-electron chi connectivity index (χ0n) is 11.0. The van der Waals surface area contributed by atoms with Gasteiger partial charge in [-0.1, -0.05) is 19.1 Å². The van der Waals surface area contributed by atoms with E-state index in [4.69, 9.17) is 5.73 Å². The van der Waals surface area contributed by atoms with E-state index in [9.17, 15) is 4.79 Å². The first kappa shape index (κ1) is 13.0. The van der Waals surface area contributed by atoms with E-state index in [2.05, 4.69) is 29.5 Å². The van der Waals surface area contributed by atoms with Crippen LogP contribution in [0.4, 0.5) is 0 Å². The van der Waals surface area contributed by atoms with E-state index in [1.165, 1.54) is 17.5 Å². The van der Waals surface area contributed by atoms with Gasteiger partial charge in [-0.2, -0.15) is 0 Å². The van der Waals surface area contributed by atoms with Gasteiger partial charge in [0.25, 0.3) is 0 Å². The van der Waals surface area contributed by atoms with Crippen LogP contribution < -0.4 is 11.1 Å². The quantitative estimate of drug-likeness (QED) is 0.761. The van der Waals surface area contributed by atoms with Crippen LogP contribution in [0, 0.1) is 11.3 Å². The molecule has 1 aromatic rings. The molecule has 1 aliphatic carbocycles. The Balaban J connectivity index is 1.79. The van der Waals surface area contributed by atoms with Crippen LogP contribution in [0.3, 0.4) is 0 Å². The van der Waals surface area contributed by atoms with Crippen molar-refractivity contribution in [3.63, 3.8) is 0 Å². The van der Waals surface area contributed by atoms with E-state index >= 15 is 0 Å². The third kappa shape index (κ3) is 2.87. The molecule has 6 heteroatoms. The number of carbonyl (C=O) groups is 1. The first-order chi connectivity index (χ1) is 8.55. The van der Waals surface area contributed by atoms with Gasteiger partial charge in [-0.15, -0.1) is 5.10 Å². The molecule has 0 atom stereocenters. The first-order valence-corrected chi connectivity index (χ1v) is 6.41. The van der Waals surface area contributed by atoms with Crippen LogP contribution in [0.25, 0.3) is 0 Å². The van der Waals surface area contributed by atoms with Gasteiger partial charge in [0.05, 0.1) is 11.9 Å². The van der Waals surface area contributed by atoms with Crippen molar-refractivity contribution in [3.8, 4) is 0 Å². The van der Waals surface area contributed by atoms with Gasteiger partial charge in [0, 0.05) is 13.1 Å². The summed E-state index contributed by atoms with van der Waals surface area (Å²) >= 11 is 0. The number of nitrogens with zero attached hydrogens (tertiary/aromatic N) is 3. The van der Waals surface area contributed by atoms with E-state index in [1.807, 2.05) is 0 Å². The Kier molecular flexibility index (Phi) is 3.65. The Labute approximate surface area is 107 Å². The molecule has 1 fully saturated rings. The molecule has 3 N–H and O–H groups in total. The topological polar surface area (TPSA) is 85.8 Å². The largest absolute Gasteiger partial charge is 0.354 e. The van der Waals surface area contributed by atoms with E-state index in [0.717, 1.165) is 6.54 Å². The molecule has 0 aliphatic heterocycles. The molecule has 1 saturated carbocycles. The van der Waals surface area contributed by atoms with Crippen molar-refractivity contribution in [1.82, 2.24) is 20.3 Å². The van der Waals surface area contributed by atoms with Gasteiger partial charge in [0.2, 0.25) is 5.91 Å². The summed E-state index contributed by atoms with van der Waals surface area (Å²) in [7, 11) is 0. The second kappa shape index (κ2) is 5.06. The monoisotopic (exact) mass is 251 g/mol. The van der Waals surface area contributed by atoms with Crippen LogP contribution in [0.5, 0.6) is 0 Å². The van der Waals surface area contributed by atoms with Crippen molar-refractivity contribution < 1.29 is 4.79 Å². The third-order valence-electron chi connectivity index (χ3n) is 3.86. The minimum atomic E-state index is -0.0182. The summed E-state index contributed by atoms with van der Waals surface area (Å²) in [5.74, 6) is 0.600. The molecule has 0 spiro atoms. The van der Waals surface area contributed by atoms with Crippen molar-refractivity contribution in [2.24, 2.45) is 17.1 Å². The highest BCUT2D eigenvalue weighted by atomic mass is 16.2. The smallest absolute Gasteiger partial charge is 0.241 e. The molecule has 0 aromatic carbocycles. The molecule has 0 bridgehead atoms. The molecular weight excluding hydrogens is 230 g/mol.